The highest BCUT2D eigenvalue weighted by molar-refractivity contribution is 5.86. The average Bonchev–Trinajstić information content (AvgIpc) is 3.03. The molecule has 1 heterocycles. The summed E-state index contributed by atoms with van der Waals surface area (Å²) in [6, 6.07) is 14.7. The molecule has 0 radical (unpaired) electrons. The van der Waals surface area contributed by atoms with Crippen molar-refractivity contribution in [2.75, 3.05) is 6.54 Å². The number of unbranched alkanes of at least 4 members (excludes halogenated alkanes) is 3. The van der Waals surface area contributed by atoms with E-state index in [4.69, 9.17) is 0 Å². The topological polar surface area (TPSA) is 34.0 Å². The normalized spacial score (nSPS) is 12.2. The average molecular weight is 381 g/mol. The van der Waals surface area contributed by atoms with Crippen molar-refractivity contribution in [3.05, 3.63) is 71.7 Å². The Hall–Kier alpha value is -2.62. The third kappa shape index (κ3) is 4.80. The third-order valence-electron chi connectivity index (χ3n) is 5.30. The van der Waals surface area contributed by atoms with Crippen LogP contribution < -0.4 is 5.32 Å². The first-order valence-electron chi connectivity index (χ1n) is 10.2. The monoisotopic (exact) mass is 380 g/mol. The van der Waals surface area contributed by atoms with Gasteiger partial charge < -0.3 is 9.88 Å². The number of aryl methyl sites for hydroxylation is 1. The van der Waals surface area contributed by atoms with Crippen LogP contribution in [0.4, 0.5) is 4.39 Å². The molecule has 0 bridgehead atoms. The van der Waals surface area contributed by atoms with Gasteiger partial charge >= 0.3 is 0 Å². The molecule has 0 saturated carbocycles. The molecule has 3 aromatic rings. The lowest BCUT2D eigenvalue weighted by Gasteiger charge is -2.17. The number of amides is 1. The van der Waals surface area contributed by atoms with Crippen LogP contribution in [0, 0.1) is 5.82 Å². The summed E-state index contributed by atoms with van der Waals surface area (Å²) in [7, 11) is 2.00. The van der Waals surface area contributed by atoms with Crippen molar-refractivity contribution in [2.24, 2.45) is 7.05 Å². The second-order valence-corrected chi connectivity index (χ2v) is 7.43. The van der Waals surface area contributed by atoms with Gasteiger partial charge in [0, 0.05) is 43.0 Å². The zero-order valence-corrected chi connectivity index (χ0v) is 16.7. The van der Waals surface area contributed by atoms with Crippen LogP contribution >= 0.6 is 0 Å². The molecule has 0 fully saturated rings. The van der Waals surface area contributed by atoms with Crippen LogP contribution in [0.15, 0.2) is 54.7 Å². The zero-order valence-electron chi connectivity index (χ0n) is 16.7. The summed E-state index contributed by atoms with van der Waals surface area (Å²) in [6.07, 6.45) is 6.88. The number of hydrogen-bond acceptors (Lipinski definition) is 1. The molecule has 1 amide bonds. The summed E-state index contributed by atoms with van der Waals surface area (Å²) in [5, 5.41) is 4.15. The van der Waals surface area contributed by atoms with Gasteiger partial charge in [0.1, 0.15) is 5.82 Å². The molecule has 3 rings (SSSR count). The Labute approximate surface area is 166 Å². The van der Waals surface area contributed by atoms with E-state index in [9.17, 15) is 9.18 Å². The van der Waals surface area contributed by atoms with Gasteiger partial charge in [-0.1, -0.05) is 56.5 Å². The minimum Gasteiger partial charge on any atom is -0.356 e. The predicted octanol–water partition coefficient (Wildman–Crippen LogP) is 5.54. The Morgan fingerprint density at radius 3 is 2.71 bits per heavy atom. The molecule has 1 aromatic heterocycles. The molecule has 1 atom stereocenters. The standard InChI is InChI=1S/C24H29FN2O/c1-3-4-5-8-14-26-24(28)16-21(18-10-9-11-19(25)15-18)22-17-27(2)23-13-7-6-12-20(22)23/h6-7,9-13,15,17,21H,3-5,8,14,16H2,1-2H3,(H,26,28)/t21-/m1/s1. The summed E-state index contributed by atoms with van der Waals surface area (Å²) in [5.41, 5.74) is 3.00. The van der Waals surface area contributed by atoms with Crippen LogP contribution in [0.25, 0.3) is 10.9 Å². The number of para-hydroxylation sites is 1. The van der Waals surface area contributed by atoms with E-state index in [1.54, 1.807) is 12.1 Å². The third-order valence-corrected chi connectivity index (χ3v) is 5.30. The zero-order chi connectivity index (χ0) is 19.9. The lowest BCUT2D eigenvalue weighted by atomic mass is 9.88. The van der Waals surface area contributed by atoms with Crippen molar-refractivity contribution in [1.82, 2.24) is 9.88 Å². The van der Waals surface area contributed by atoms with Crippen molar-refractivity contribution < 1.29 is 9.18 Å². The van der Waals surface area contributed by atoms with Crippen LogP contribution in [-0.4, -0.2) is 17.0 Å². The molecule has 2 aromatic carbocycles. The first-order chi connectivity index (χ1) is 13.6. The van der Waals surface area contributed by atoms with Gasteiger partial charge in [-0.2, -0.15) is 0 Å². The molecule has 148 valence electrons. The van der Waals surface area contributed by atoms with Gasteiger partial charge in [0.25, 0.3) is 0 Å². The van der Waals surface area contributed by atoms with Crippen molar-refractivity contribution in [2.45, 2.75) is 44.9 Å². The van der Waals surface area contributed by atoms with Crippen molar-refractivity contribution >= 4 is 16.8 Å². The van der Waals surface area contributed by atoms with Crippen LogP contribution in [0.2, 0.25) is 0 Å². The minimum atomic E-state index is -0.275. The van der Waals surface area contributed by atoms with Crippen molar-refractivity contribution in [1.29, 1.82) is 0 Å². The fraction of sp³-hybridized carbons (Fsp3) is 0.375. The van der Waals surface area contributed by atoms with E-state index in [-0.39, 0.29) is 17.6 Å². The fourth-order valence-electron chi connectivity index (χ4n) is 3.82. The first-order valence-corrected chi connectivity index (χ1v) is 10.2. The van der Waals surface area contributed by atoms with E-state index in [2.05, 4.69) is 35.1 Å². The molecule has 1 N–H and O–H groups in total. The minimum absolute atomic E-state index is 0.0127. The van der Waals surface area contributed by atoms with Crippen LogP contribution in [0.1, 0.15) is 56.1 Å². The van der Waals surface area contributed by atoms with E-state index >= 15 is 0 Å². The molecule has 4 heteroatoms. The highest BCUT2D eigenvalue weighted by atomic mass is 19.1. The highest BCUT2D eigenvalue weighted by Crippen LogP contribution is 2.34. The molecule has 0 unspecified atom stereocenters. The summed E-state index contributed by atoms with van der Waals surface area (Å²) in [5.74, 6) is -0.446. The maximum atomic E-state index is 13.9. The Morgan fingerprint density at radius 2 is 1.93 bits per heavy atom. The van der Waals surface area contributed by atoms with Crippen molar-refractivity contribution in [3.8, 4) is 0 Å². The molecule has 0 aliphatic rings. The lowest BCUT2D eigenvalue weighted by molar-refractivity contribution is -0.121. The van der Waals surface area contributed by atoms with E-state index in [1.807, 2.05) is 25.2 Å². The van der Waals surface area contributed by atoms with E-state index in [1.165, 1.54) is 18.9 Å². The Morgan fingerprint density at radius 1 is 1.11 bits per heavy atom. The number of rotatable bonds is 9. The number of fused-ring (bicyclic) bond motifs is 1. The molecule has 0 saturated heterocycles. The summed E-state index contributed by atoms with van der Waals surface area (Å²) in [4.78, 5) is 12.6. The molecule has 0 aliphatic carbocycles. The highest BCUT2D eigenvalue weighted by Gasteiger charge is 2.22. The summed E-state index contributed by atoms with van der Waals surface area (Å²) in [6.45, 7) is 2.87. The summed E-state index contributed by atoms with van der Waals surface area (Å²) < 4.78 is 16.0. The van der Waals surface area contributed by atoms with Gasteiger partial charge in [-0.25, -0.2) is 4.39 Å². The predicted molar refractivity (Wildman–Crippen MR) is 113 cm³/mol. The van der Waals surface area contributed by atoms with E-state index in [0.717, 1.165) is 34.9 Å². The molecular formula is C24H29FN2O. The number of carbonyl (C=O) groups excluding carboxylic acids is 1. The van der Waals surface area contributed by atoms with E-state index in [0.29, 0.717) is 13.0 Å². The Kier molecular flexibility index (Phi) is 6.85. The van der Waals surface area contributed by atoms with Gasteiger partial charge in [0.15, 0.2) is 0 Å². The molecule has 3 nitrogen and oxygen atoms in total. The summed E-state index contributed by atoms with van der Waals surface area (Å²) >= 11 is 0. The SMILES string of the molecule is CCCCCCNC(=O)C[C@H](c1cccc(F)c1)c1cn(C)c2ccccc12. The second-order valence-electron chi connectivity index (χ2n) is 7.43. The number of benzene rings is 2. The van der Waals surface area contributed by atoms with Gasteiger partial charge in [-0.05, 0) is 35.7 Å². The number of nitrogens with one attached hydrogen (secondary N) is 1. The maximum absolute atomic E-state index is 13.9. The van der Waals surface area contributed by atoms with Crippen LogP contribution in [-0.2, 0) is 11.8 Å². The largest absolute Gasteiger partial charge is 0.356 e. The lowest BCUT2D eigenvalue weighted by Crippen LogP contribution is -2.26. The Balaban J connectivity index is 1.85. The van der Waals surface area contributed by atoms with Gasteiger partial charge in [-0.3, -0.25) is 4.79 Å². The molecule has 28 heavy (non-hydrogen) atoms. The number of nitrogens with zero attached hydrogens (tertiary/aromatic N) is 1. The molecule has 0 aliphatic heterocycles. The quantitative estimate of drug-likeness (QED) is 0.486. The van der Waals surface area contributed by atoms with Crippen molar-refractivity contribution in [3.63, 3.8) is 0 Å². The van der Waals surface area contributed by atoms with Gasteiger partial charge in [-0.15, -0.1) is 0 Å². The molecule has 0 spiro atoms. The van der Waals surface area contributed by atoms with E-state index < -0.39 is 0 Å². The number of carbonyl (C=O) groups is 1. The molecular weight excluding hydrogens is 351 g/mol. The first kappa shape index (κ1) is 20.1. The van der Waals surface area contributed by atoms with Gasteiger partial charge in [0.05, 0.1) is 0 Å². The number of halogens is 1. The second kappa shape index (κ2) is 9.54. The Bertz CT molecular complexity index is 931. The number of hydrogen-bond donors (Lipinski definition) is 1. The fourth-order valence-corrected chi connectivity index (χ4v) is 3.82. The van der Waals surface area contributed by atoms with Gasteiger partial charge in [0.2, 0.25) is 5.91 Å². The maximum Gasteiger partial charge on any atom is 0.220 e. The smallest absolute Gasteiger partial charge is 0.220 e. The number of aromatic nitrogens is 1. The van der Waals surface area contributed by atoms with Crippen LogP contribution in [0.3, 0.4) is 0 Å². The van der Waals surface area contributed by atoms with Crippen LogP contribution in [0.5, 0.6) is 0 Å².